The van der Waals surface area contributed by atoms with Gasteiger partial charge < -0.3 is 19.5 Å². The zero-order chi connectivity index (χ0) is 22.5. The summed E-state index contributed by atoms with van der Waals surface area (Å²) >= 11 is 0. The highest BCUT2D eigenvalue weighted by Gasteiger charge is 2.21. The van der Waals surface area contributed by atoms with Crippen molar-refractivity contribution in [2.24, 2.45) is 0 Å². The fraction of sp³-hybridized carbons (Fsp3) is 0.375. The van der Waals surface area contributed by atoms with Gasteiger partial charge in [0.25, 0.3) is 5.91 Å². The summed E-state index contributed by atoms with van der Waals surface area (Å²) in [7, 11) is 0. The highest BCUT2D eigenvalue weighted by molar-refractivity contribution is 6.06. The molecule has 0 aliphatic rings. The molecular weight excluding hydrogens is 394 g/mol. The van der Waals surface area contributed by atoms with E-state index >= 15 is 0 Å². The zero-order valence-corrected chi connectivity index (χ0v) is 18.9. The lowest BCUT2D eigenvalue weighted by Gasteiger charge is -2.16. The van der Waals surface area contributed by atoms with Crippen LogP contribution in [0.1, 0.15) is 49.3 Å². The first kappa shape index (κ1) is 22.3. The monoisotopic (exact) mass is 423 g/mol. The molecular formula is C24H29N3O4. The first-order valence-electron chi connectivity index (χ1n) is 10.5. The van der Waals surface area contributed by atoms with Gasteiger partial charge in [0.05, 0.1) is 36.0 Å². The van der Waals surface area contributed by atoms with E-state index in [2.05, 4.69) is 15.3 Å². The highest BCUT2D eigenvalue weighted by atomic mass is 16.5. The van der Waals surface area contributed by atoms with Gasteiger partial charge >= 0.3 is 0 Å². The van der Waals surface area contributed by atoms with Crippen molar-refractivity contribution in [1.29, 1.82) is 0 Å². The van der Waals surface area contributed by atoms with Crippen molar-refractivity contribution in [3.05, 3.63) is 47.2 Å². The predicted molar refractivity (Wildman–Crippen MR) is 122 cm³/mol. The molecule has 0 saturated carbocycles. The molecule has 164 valence electrons. The third-order valence-electron chi connectivity index (χ3n) is 4.62. The molecule has 0 aliphatic heterocycles. The average molecular weight is 424 g/mol. The third kappa shape index (κ3) is 5.23. The molecule has 0 aliphatic carbocycles. The van der Waals surface area contributed by atoms with E-state index in [1.807, 2.05) is 53.7 Å². The standard InChI is InChI=1S/C24H29N3O4/c1-7-29-17-9-10-21(30-8-2)20(13-17)26-23(28)22-24(31-14(3)4)27-19-12-16(6)15(5)11-18(19)25-22/h9-14H,7-8H2,1-6H3,(H,26,28). The maximum Gasteiger partial charge on any atom is 0.280 e. The van der Waals surface area contributed by atoms with Crippen molar-refractivity contribution in [2.45, 2.75) is 47.6 Å². The smallest absolute Gasteiger partial charge is 0.280 e. The van der Waals surface area contributed by atoms with Gasteiger partial charge in [0.2, 0.25) is 5.88 Å². The van der Waals surface area contributed by atoms with Crippen LogP contribution in [0.15, 0.2) is 30.3 Å². The first-order chi connectivity index (χ1) is 14.8. The van der Waals surface area contributed by atoms with E-state index in [9.17, 15) is 4.79 Å². The lowest BCUT2D eigenvalue weighted by Crippen LogP contribution is -2.19. The Morgan fingerprint density at radius 2 is 1.61 bits per heavy atom. The minimum absolute atomic E-state index is 0.119. The van der Waals surface area contributed by atoms with E-state index < -0.39 is 5.91 Å². The number of nitrogens with one attached hydrogen (secondary N) is 1. The molecule has 0 fully saturated rings. The van der Waals surface area contributed by atoms with Crippen LogP contribution in [-0.4, -0.2) is 35.2 Å². The van der Waals surface area contributed by atoms with Crippen molar-refractivity contribution < 1.29 is 19.0 Å². The number of benzene rings is 2. The number of aryl methyl sites for hydroxylation is 2. The highest BCUT2D eigenvalue weighted by Crippen LogP contribution is 2.31. The number of hydrogen-bond donors (Lipinski definition) is 1. The van der Waals surface area contributed by atoms with Crippen LogP contribution in [0.2, 0.25) is 0 Å². The van der Waals surface area contributed by atoms with Crippen molar-refractivity contribution in [2.75, 3.05) is 18.5 Å². The molecule has 0 saturated heterocycles. The van der Waals surface area contributed by atoms with E-state index in [1.54, 1.807) is 18.2 Å². The van der Waals surface area contributed by atoms with Gasteiger partial charge in [-0.1, -0.05) is 0 Å². The van der Waals surface area contributed by atoms with Crippen LogP contribution < -0.4 is 19.5 Å². The fourth-order valence-electron chi connectivity index (χ4n) is 3.07. The van der Waals surface area contributed by atoms with Gasteiger partial charge in [-0.3, -0.25) is 4.79 Å². The molecule has 31 heavy (non-hydrogen) atoms. The Morgan fingerprint density at radius 3 is 2.23 bits per heavy atom. The van der Waals surface area contributed by atoms with Crippen molar-refractivity contribution >= 4 is 22.6 Å². The molecule has 3 aromatic rings. The van der Waals surface area contributed by atoms with Gasteiger partial charge in [-0.25, -0.2) is 9.97 Å². The van der Waals surface area contributed by atoms with E-state index in [0.29, 0.717) is 41.4 Å². The normalized spacial score (nSPS) is 10.9. The van der Waals surface area contributed by atoms with Gasteiger partial charge in [0, 0.05) is 6.07 Å². The summed E-state index contributed by atoms with van der Waals surface area (Å²) in [6.07, 6.45) is -0.162. The fourth-order valence-corrected chi connectivity index (χ4v) is 3.07. The first-order valence-corrected chi connectivity index (χ1v) is 10.5. The van der Waals surface area contributed by atoms with Crippen LogP contribution in [0.25, 0.3) is 11.0 Å². The van der Waals surface area contributed by atoms with Crippen LogP contribution >= 0.6 is 0 Å². The number of carbonyl (C=O) groups excluding carboxylic acids is 1. The van der Waals surface area contributed by atoms with Crippen LogP contribution in [0.5, 0.6) is 17.4 Å². The van der Waals surface area contributed by atoms with Crippen molar-refractivity contribution in [1.82, 2.24) is 9.97 Å². The van der Waals surface area contributed by atoms with Gasteiger partial charge in [-0.2, -0.15) is 0 Å². The lowest BCUT2D eigenvalue weighted by molar-refractivity contribution is 0.101. The van der Waals surface area contributed by atoms with Crippen LogP contribution in [0, 0.1) is 13.8 Å². The van der Waals surface area contributed by atoms with Crippen LogP contribution in [0.3, 0.4) is 0 Å². The van der Waals surface area contributed by atoms with E-state index in [1.165, 1.54) is 0 Å². The topological polar surface area (TPSA) is 82.6 Å². The maximum atomic E-state index is 13.2. The molecule has 1 heterocycles. The minimum atomic E-state index is -0.433. The molecule has 0 radical (unpaired) electrons. The Kier molecular flexibility index (Phi) is 6.95. The number of nitrogens with zero attached hydrogens (tertiary/aromatic N) is 2. The number of hydrogen-bond acceptors (Lipinski definition) is 6. The van der Waals surface area contributed by atoms with Gasteiger partial charge in [-0.05, 0) is 76.9 Å². The second-order valence-corrected chi connectivity index (χ2v) is 7.45. The summed E-state index contributed by atoms with van der Waals surface area (Å²) in [6.45, 7) is 12.5. The molecule has 0 bridgehead atoms. The number of rotatable bonds is 8. The quantitative estimate of drug-likeness (QED) is 0.544. The molecule has 1 aromatic heterocycles. The van der Waals surface area contributed by atoms with Gasteiger partial charge in [0.15, 0.2) is 5.69 Å². The van der Waals surface area contributed by atoms with Crippen molar-refractivity contribution in [3.63, 3.8) is 0 Å². The lowest BCUT2D eigenvalue weighted by atomic mass is 10.1. The molecule has 3 rings (SSSR count). The number of amides is 1. The Balaban J connectivity index is 2.04. The molecule has 2 aromatic carbocycles. The SMILES string of the molecule is CCOc1ccc(OCC)c(NC(=O)c2nc3cc(C)c(C)cc3nc2OC(C)C)c1. The number of carbonyl (C=O) groups is 1. The van der Waals surface area contributed by atoms with E-state index in [4.69, 9.17) is 14.2 Å². The summed E-state index contributed by atoms with van der Waals surface area (Å²) in [5.74, 6) is 0.946. The Hall–Kier alpha value is -3.35. The predicted octanol–water partition coefficient (Wildman–Crippen LogP) is 5.08. The average Bonchev–Trinajstić information content (AvgIpc) is 2.70. The molecule has 7 nitrogen and oxygen atoms in total. The third-order valence-corrected chi connectivity index (χ3v) is 4.62. The van der Waals surface area contributed by atoms with Crippen molar-refractivity contribution in [3.8, 4) is 17.4 Å². The summed E-state index contributed by atoms with van der Waals surface area (Å²) in [4.78, 5) is 22.4. The summed E-state index contributed by atoms with van der Waals surface area (Å²) in [6, 6.07) is 9.18. The Labute approximate surface area is 182 Å². The number of aromatic nitrogens is 2. The van der Waals surface area contributed by atoms with E-state index in [0.717, 1.165) is 11.1 Å². The largest absolute Gasteiger partial charge is 0.494 e. The molecule has 0 atom stereocenters. The van der Waals surface area contributed by atoms with Gasteiger partial charge in [-0.15, -0.1) is 0 Å². The van der Waals surface area contributed by atoms with Crippen LogP contribution in [0.4, 0.5) is 5.69 Å². The molecule has 0 spiro atoms. The second kappa shape index (κ2) is 9.64. The Morgan fingerprint density at radius 1 is 0.968 bits per heavy atom. The number of ether oxygens (including phenoxy) is 3. The minimum Gasteiger partial charge on any atom is -0.494 e. The molecule has 7 heteroatoms. The maximum absolute atomic E-state index is 13.2. The summed E-state index contributed by atoms with van der Waals surface area (Å²) in [5, 5.41) is 2.89. The molecule has 1 amide bonds. The van der Waals surface area contributed by atoms with E-state index in [-0.39, 0.29) is 17.7 Å². The summed E-state index contributed by atoms with van der Waals surface area (Å²) < 4.78 is 17.1. The second-order valence-electron chi connectivity index (χ2n) is 7.45. The van der Waals surface area contributed by atoms with Crippen LogP contribution in [-0.2, 0) is 0 Å². The zero-order valence-electron chi connectivity index (χ0n) is 18.9. The molecule has 1 N–H and O–H groups in total. The summed E-state index contributed by atoms with van der Waals surface area (Å²) in [5.41, 5.74) is 4.11. The number of fused-ring (bicyclic) bond motifs is 1. The Bertz CT molecular complexity index is 1100. The molecule has 0 unspecified atom stereocenters. The van der Waals surface area contributed by atoms with Gasteiger partial charge in [0.1, 0.15) is 11.5 Å². The number of anilines is 1.